The first-order valence-corrected chi connectivity index (χ1v) is 6.92. The van der Waals surface area contributed by atoms with Crippen molar-refractivity contribution < 1.29 is 22.7 Å². The van der Waals surface area contributed by atoms with E-state index in [1.165, 1.54) is 18.2 Å². The van der Waals surface area contributed by atoms with Crippen LogP contribution in [0.1, 0.15) is 6.42 Å². The monoisotopic (exact) mass is 353 g/mol. The van der Waals surface area contributed by atoms with E-state index in [0.717, 1.165) is 6.42 Å². The molecule has 23 heavy (non-hydrogen) atoms. The third-order valence-electron chi connectivity index (χ3n) is 3.31. The lowest BCUT2D eigenvalue weighted by Crippen LogP contribution is -2.41. The van der Waals surface area contributed by atoms with E-state index in [0.29, 0.717) is 18.8 Å². The summed E-state index contributed by atoms with van der Waals surface area (Å²) >= 11 is 0. The van der Waals surface area contributed by atoms with E-state index < -0.39 is 6.36 Å². The Morgan fingerprint density at radius 2 is 2.17 bits per heavy atom. The largest absolute Gasteiger partial charge is 0.573 e. The highest BCUT2D eigenvalue weighted by molar-refractivity contribution is 5.85. The summed E-state index contributed by atoms with van der Waals surface area (Å²) in [7, 11) is 1.69. The maximum absolute atomic E-state index is 12.2. The molecule has 0 spiro atoms. The summed E-state index contributed by atoms with van der Waals surface area (Å²) < 4.78 is 40.6. The Morgan fingerprint density at radius 1 is 1.43 bits per heavy atom. The van der Waals surface area contributed by atoms with Gasteiger partial charge in [0.25, 0.3) is 0 Å². The second-order valence-corrected chi connectivity index (χ2v) is 5.07. The van der Waals surface area contributed by atoms with Gasteiger partial charge in [-0.05, 0) is 25.6 Å². The van der Waals surface area contributed by atoms with Crippen LogP contribution in [0, 0.1) is 0 Å². The molecule has 2 N–H and O–H groups in total. The molecule has 2 rings (SSSR count). The Morgan fingerprint density at radius 3 is 2.83 bits per heavy atom. The summed E-state index contributed by atoms with van der Waals surface area (Å²) in [5, 5.41) is 5.64. The molecule has 9 heteroatoms. The standard InChI is InChI=1S/C14H18F3N3O2.ClH/c1-18-8-13(21)19-10-5-6-20(9-10)11-3-2-4-12(7-11)22-14(15,16)17;/h2-4,7,10,18H,5-6,8-9H2,1H3,(H,19,21);1H. The topological polar surface area (TPSA) is 53.6 Å². The lowest BCUT2D eigenvalue weighted by Gasteiger charge is -2.20. The fourth-order valence-electron chi connectivity index (χ4n) is 2.43. The molecule has 0 saturated carbocycles. The molecular weight excluding hydrogens is 335 g/mol. The minimum Gasteiger partial charge on any atom is -0.406 e. The third kappa shape index (κ3) is 6.15. The summed E-state index contributed by atoms with van der Waals surface area (Å²) in [5.74, 6) is -0.337. The molecule has 0 radical (unpaired) electrons. The highest BCUT2D eigenvalue weighted by atomic mass is 35.5. The normalized spacial score (nSPS) is 17.6. The van der Waals surface area contributed by atoms with Gasteiger partial charge < -0.3 is 20.3 Å². The number of likely N-dealkylation sites (N-methyl/N-ethyl adjacent to an activating group) is 1. The molecular formula is C14H19ClF3N3O2. The molecule has 1 aromatic rings. The number of anilines is 1. The number of benzene rings is 1. The van der Waals surface area contributed by atoms with Crippen LogP contribution in [0.25, 0.3) is 0 Å². The average molecular weight is 354 g/mol. The Bertz CT molecular complexity index is 528. The van der Waals surface area contributed by atoms with Gasteiger partial charge in [0.2, 0.25) is 5.91 Å². The van der Waals surface area contributed by atoms with E-state index in [4.69, 9.17) is 0 Å². The predicted octanol–water partition coefficient (Wildman–Crippen LogP) is 1.92. The van der Waals surface area contributed by atoms with Crippen LogP contribution in [0.3, 0.4) is 0 Å². The van der Waals surface area contributed by atoms with E-state index in [9.17, 15) is 18.0 Å². The van der Waals surface area contributed by atoms with E-state index in [2.05, 4.69) is 15.4 Å². The van der Waals surface area contributed by atoms with Crippen molar-refractivity contribution in [1.82, 2.24) is 10.6 Å². The van der Waals surface area contributed by atoms with Crippen LogP contribution in [0.4, 0.5) is 18.9 Å². The molecule has 1 aliphatic rings. The summed E-state index contributed by atoms with van der Waals surface area (Å²) in [5.41, 5.74) is 0.645. The van der Waals surface area contributed by atoms with Gasteiger partial charge in [0.1, 0.15) is 5.75 Å². The van der Waals surface area contributed by atoms with Crippen LogP contribution in [-0.4, -0.2) is 45.0 Å². The van der Waals surface area contributed by atoms with Gasteiger partial charge in [0, 0.05) is 30.9 Å². The van der Waals surface area contributed by atoms with Crippen molar-refractivity contribution in [3.05, 3.63) is 24.3 Å². The van der Waals surface area contributed by atoms with E-state index >= 15 is 0 Å². The first kappa shape index (κ1) is 19.4. The first-order valence-electron chi connectivity index (χ1n) is 6.92. The minimum absolute atomic E-state index is 0. The van der Waals surface area contributed by atoms with Crippen LogP contribution in [0.5, 0.6) is 5.75 Å². The summed E-state index contributed by atoms with van der Waals surface area (Å²) in [6.45, 7) is 1.47. The molecule has 0 bridgehead atoms. The van der Waals surface area contributed by atoms with Gasteiger partial charge in [-0.3, -0.25) is 4.79 Å². The number of hydrogen-bond acceptors (Lipinski definition) is 4. The fraction of sp³-hybridized carbons (Fsp3) is 0.500. The second kappa shape index (κ2) is 8.26. The number of amides is 1. The number of alkyl halides is 3. The summed E-state index contributed by atoms with van der Waals surface area (Å²) in [4.78, 5) is 13.4. The minimum atomic E-state index is -4.70. The molecule has 1 amide bonds. The maximum atomic E-state index is 12.2. The van der Waals surface area contributed by atoms with Gasteiger partial charge in [-0.25, -0.2) is 0 Å². The third-order valence-corrected chi connectivity index (χ3v) is 3.31. The molecule has 1 atom stereocenters. The van der Waals surface area contributed by atoms with E-state index in [1.54, 1.807) is 13.1 Å². The molecule has 1 unspecified atom stereocenters. The smallest absolute Gasteiger partial charge is 0.406 e. The van der Waals surface area contributed by atoms with Crippen molar-refractivity contribution >= 4 is 24.0 Å². The van der Waals surface area contributed by atoms with Gasteiger partial charge in [0.15, 0.2) is 0 Å². The molecule has 1 aromatic carbocycles. The number of halogens is 4. The Hall–Kier alpha value is -1.67. The lowest BCUT2D eigenvalue weighted by molar-refractivity contribution is -0.274. The van der Waals surface area contributed by atoms with Gasteiger partial charge in [-0.1, -0.05) is 6.07 Å². The molecule has 1 heterocycles. The van der Waals surface area contributed by atoms with Gasteiger partial charge in [0.05, 0.1) is 6.54 Å². The molecule has 1 saturated heterocycles. The molecule has 1 fully saturated rings. The number of rotatable bonds is 5. The summed E-state index contributed by atoms with van der Waals surface area (Å²) in [6, 6.07) is 5.85. The van der Waals surface area contributed by atoms with Crippen molar-refractivity contribution in [1.29, 1.82) is 0 Å². The lowest BCUT2D eigenvalue weighted by atomic mass is 10.2. The molecule has 130 valence electrons. The zero-order chi connectivity index (χ0) is 16.2. The predicted molar refractivity (Wildman–Crippen MR) is 83.1 cm³/mol. The highest BCUT2D eigenvalue weighted by Crippen LogP contribution is 2.28. The quantitative estimate of drug-likeness (QED) is 0.849. The fourth-order valence-corrected chi connectivity index (χ4v) is 2.43. The van der Waals surface area contributed by atoms with Crippen molar-refractivity contribution in [3.8, 4) is 5.75 Å². The van der Waals surface area contributed by atoms with Crippen molar-refractivity contribution in [2.24, 2.45) is 0 Å². The zero-order valence-electron chi connectivity index (χ0n) is 12.5. The van der Waals surface area contributed by atoms with Crippen molar-refractivity contribution in [3.63, 3.8) is 0 Å². The van der Waals surface area contributed by atoms with Crippen LogP contribution in [0.15, 0.2) is 24.3 Å². The van der Waals surface area contributed by atoms with E-state index in [-0.39, 0.29) is 36.7 Å². The Labute approximate surface area is 138 Å². The molecule has 0 aliphatic carbocycles. The van der Waals surface area contributed by atoms with Gasteiger partial charge in [-0.15, -0.1) is 25.6 Å². The number of nitrogens with zero attached hydrogens (tertiary/aromatic N) is 1. The van der Waals surface area contributed by atoms with Crippen molar-refractivity contribution in [2.75, 3.05) is 31.6 Å². The number of carbonyl (C=O) groups excluding carboxylic acids is 1. The summed E-state index contributed by atoms with van der Waals surface area (Å²) in [6.07, 6.45) is -3.95. The zero-order valence-corrected chi connectivity index (χ0v) is 13.3. The first-order chi connectivity index (χ1) is 10.4. The molecule has 5 nitrogen and oxygen atoms in total. The van der Waals surface area contributed by atoms with Crippen LogP contribution >= 0.6 is 12.4 Å². The van der Waals surface area contributed by atoms with E-state index in [1.807, 2.05) is 4.90 Å². The average Bonchev–Trinajstić information content (AvgIpc) is 2.85. The Balaban J connectivity index is 0.00000264. The van der Waals surface area contributed by atoms with Gasteiger partial charge in [-0.2, -0.15) is 0 Å². The van der Waals surface area contributed by atoms with Crippen LogP contribution in [0.2, 0.25) is 0 Å². The Kier molecular flexibility index (Phi) is 6.96. The van der Waals surface area contributed by atoms with Gasteiger partial charge >= 0.3 is 6.36 Å². The second-order valence-electron chi connectivity index (χ2n) is 5.07. The number of nitrogens with one attached hydrogen (secondary N) is 2. The highest BCUT2D eigenvalue weighted by Gasteiger charge is 2.31. The van der Waals surface area contributed by atoms with Crippen LogP contribution < -0.4 is 20.3 Å². The van der Waals surface area contributed by atoms with Crippen molar-refractivity contribution in [2.45, 2.75) is 18.8 Å². The number of carbonyl (C=O) groups is 1. The van der Waals surface area contributed by atoms with Crippen LogP contribution in [-0.2, 0) is 4.79 Å². The SMILES string of the molecule is CNCC(=O)NC1CCN(c2cccc(OC(F)(F)F)c2)C1.Cl. The molecule has 0 aromatic heterocycles. The maximum Gasteiger partial charge on any atom is 0.573 e. The molecule has 1 aliphatic heterocycles. The number of ether oxygens (including phenoxy) is 1. The number of hydrogen-bond donors (Lipinski definition) is 2.